The van der Waals surface area contributed by atoms with Crippen molar-refractivity contribution in [2.24, 2.45) is 5.41 Å². The van der Waals surface area contributed by atoms with Crippen LogP contribution in [0.25, 0.3) is 0 Å². The van der Waals surface area contributed by atoms with Crippen molar-refractivity contribution < 1.29 is 4.79 Å². The lowest BCUT2D eigenvalue weighted by Crippen LogP contribution is -2.30. The Bertz CT molecular complexity index is 436. The van der Waals surface area contributed by atoms with E-state index in [2.05, 4.69) is 12.2 Å². The molecule has 92 valence electrons. The minimum absolute atomic E-state index is 0.00725. The molecule has 0 aliphatic heterocycles. The van der Waals surface area contributed by atoms with Gasteiger partial charge in [-0.05, 0) is 55.4 Å². The molecular weight excluding hydrogens is 212 g/mol. The maximum atomic E-state index is 11.9. The Morgan fingerprint density at radius 2 is 2.18 bits per heavy atom. The Balaban J connectivity index is 1.97. The Kier molecular flexibility index (Phi) is 3.09. The number of amides is 1. The van der Waals surface area contributed by atoms with E-state index in [0.717, 1.165) is 24.2 Å². The van der Waals surface area contributed by atoms with Crippen molar-refractivity contribution in [2.75, 3.05) is 12.3 Å². The fourth-order valence-corrected chi connectivity index (χ4v) is 2.02. The fourth-order valence-electron chi connectivity index (χ4n) is 2.02. The number of rotatable bonds is 4. The second-order valence-electron chi connectivity index (χ2n) is 5.11. The first kappa shape index (κ1) is 12.0. The molecule has 3 heteroatoms. The van der Waals surface area contributed by atoms with E-state index in [1.54, 1.807) is 12.1 Å². The van der Waals surface area contributed by atoms with Crippen molar-refractivity contribution in [3.05, 3.63) is 29.3 Å². The molecule has 0 heterocycles. The van der Waals surface area contributed by atoms with Crippen molar-refractivity contribution in [3.63, 3.8) is 0 Å². The molecule has 0 bridgehead atoms. The van der Waals surface area contributed by atoms with Crippen LogP contribution in [0.5, 0.6) is 0 Å². The van der Waals surface area contributed by atoms with E-state index in [-0.39, 0.29) is 5.91 Å². The van der Waals surface area contributed by atoms with Crippen LogP contribution in [0.4, 0.5) is 5.69 Å². The number of hydrogen-bond acceptors (Lipinski definition) is 2. The van der Waals surface area contributed by atoms with Crippen LogP contribution in [0.2, 0.25) is 0 Å². The molecule has 2 rings (SSSR count). The van der Waals surface area contributed by atoms with Crippen molar-refractivity contribution in [1.29, 1.82) is 0 Å². The number of aryl methyl sites for hydroxylation is 1. The van der Waals surface area contributed by atoms with Crippen molar-refractivity contribution >= 4 is 11.6 Å². The molecule has 0 spiro atoms. The molecule has 0 unspecified atom stereocenters. The zero-order chi connectivity index (χ0) is 12.5. The van der Waals surface area contributed by atoms with Crippen LogP contribution in [-0.4, -0.2) is 12.5 Å². The van der Waals surface area contributed by atoms with Crippen LogP contribution >= 0.6 is 0 Å². The SMILES string of the molecule is CCC1(CNC(=O)c2ccc(N)c(C)c2)CC1. The standard InChI is InChI=1S/C14H20N2O/c1-3-14(6-7-14)9-16-13(17)11-4-5-12(15)10(2)8-11/h4-5,8H,3,6-7,9,15H2,1-2H3,(H,16,17). The minimum Gasteiger partial charge on any atom is -0.399 e. The van der Waals surface area contributed by atoms with Gasteiger partial charge in [0.05, 0.1) is 0 Å². The molecule has 0 aromatic heterocycles. The van der Waals surface area contributed by atoms with E-state index in [4.69, 9.17) is 5.73 Å². The summed E-state index contributed by atoms with van der Waals surface area (Å²) in [4.78, 5) is 11.9. The molecule has 1 aliphatic rings. The smallest absolute Gasteiger partial charge is 0.251 e. The summed E-state index contributed by atoms with van der Waals surface area (Å²) in [6.07, 6.45) is 3.63. The summed E-state index contributed by atoms with van der Waals surface area (Å²) < 4.78 is 0. The summed E-state index contributed by atoms with van der Waals surface area (Å²) in [6, 6.07) is 5.41. The third-order valence-corrected chi connectivity index (χ3v) is 3.86. The Hall–Kier alpha value is -1.51. The van der Waals surface area contributed by atoms with Crippen molar-refractivity contribution in [1.82, 2.24) is 5.32 Å². The second-order valence-corrected chi connectivity index (χ2v) is 5.11. The molecule has 1 aliphatic carbocycles. The predicted molar refractivity (Wildman–Crippen MR) is 69.9 cm³/mol. The third-order valence-electron chi connectivity index (χ3n) is 3.86. The summed E-state index contributed by atoms with van der Waals surface area (Å²) in [6.45, 7) is 4.90. The van der Waals surface area contributed by atoms with E-state index < -0.39 is 0 Å². The highest BCUT2D eigenvalue weighted by Gasteiger charge is 2.40. The molecule has 0 radical (unpaired) electrons. The highest BCUT2D eigenvalue weighted by atomic mass is 16.1. The Morgan fingerprint density at radius 3 is 2.71 bits per heavy atom. The molecule has 17 heavy (non-hydrogen) atoms. The molecule has 3 nitrogen and oxygen atoms in total. The zero-order valence-corrected chi connectivity index (χ0v) is 10.5. The number of nitrogens with two attached hydrogens (primary N) is 1. The lowest BCUT2D eigenvalue weighted by molar-refractivity contribution is 0.0944. The summed E-state index contributed by atoms with van der Waals surface area (Å²) in [7, 11) is 0. The van der Waals surface area contributed by atoms with Crippen molar-refractivity contribution in [2.45, 2.75) is 33.1 Å². The molecule has 3 N–H and O–H groups in total. The Labute approximate surface area is 102 Å². The van der Waals surface area contributed by atoms with E-state index in [9.17, 15) is 4.79 Å². The van der Waals surface area contributed by atoms with Gasteiger partial charge in [-0.1, -0.05) is 6.92 Å². The number of nitrogen functional groups attached to an aromatic ring is 1. The average molecular weight is 232 g/mol. The largest absolute Gasteiger partial charge is 0.399 e. The summed E-state index contributed by atoms with van der Waals surface area (Å²) in [5, 5.41) is 3.02. The van der Waals surface area contributed by atoms with E-state index in [1.807, 2.05) is 13.0 Å². The van der Waals surface area contributed by atoms with Gasteiger partial charge in [-0.3, -0.25) is 4.79 Å². The second kappa shape index (κ2) is 4.40. The number of anilines is 1. The van der Waals surface area contributed by atoms with Crippen LogP contribution in [0.3, 0.4) is 0 Å². The fraction of sp³-hybridized carbons (Fsp3) is 0.500. The quantitative estimate of drug-likeness (QED) is 0.784. The van der Waals surface area contributed by atoms with Crippen LogP contribution in [0.1, 0.15) is 42.1 Å². The first-order valence-corrected chi connectivity index (χ1v) is 6.21. The summed E-state index contributed by atoms with van der Waals surface area (Å²) >= 11 is 0. The number of carbonyl (C=O) groups is 1. The monoisotopic (exact) mass is 232 g/mol. The van der Waals surface area contributed by atoms with E-state index >= 15 is 0 Å². The summed E-state index contributed by atoms with van der Waals surface area (Å²) in [5.41, 5.74) is 8.50. The predicted octanol–water partition coefficient (Wildman–Crippen LogP) is 2.50. The van der Waals surface area contributed by atoms with Crippen LogP contribution < -0.4 is 11.1 Å². The molecule has 1 amide bonds. The van der Waals surface area contributed by atoms with Crippen LogP contribution in [0.15, 0.2) is 18.2 Å². The molecule has 0 saturated heterocycles. The average Bonchev–Trinajstić information content (AvgIpc) is 3.10. The van der Waals surface area contributed by atoms with Gasteiger partial charge in [-0.2, -0.15) is 0 Å². The van der Waals surface area contributed by atoms with Crippen molar-refractivity contribution in [3.8, 4) is 0 Å². The highest BCUT2D eigenvalue weighted by Crippen LogP contribution is 2.47. The minimum atomic E-state index is 0.00725. The normalized spacial score (nSPS) is 16.6. The maximum absolute atomic E-state index is 11.9. The number of nitrogens with one attached hydrogen (secondary N) is 1. The first-order chi connectivity index (χ1) is 8.06. The molecule has 1 aromatic rings. The highest BCUT2D eigenvalue weighted by molar-refractivity contribution is 5.94. The topological polar surface area (TPSA) is 55.1 Å². The Morgan fingerprint density at radius 1 is 1.47 bits per heavy atom. The van der Waals surface area contributed by atoms with Gasteiger partial charge in [0.1, 0.15) is 0 Å². The summed E-state index contributed by atoms with van der Waals surface area (Å²) in [5.74, 6) is 0.00725. The zero-order valence-electron chi connectivity index (χ0n) is 10.5. The number of benzene rings is 1. The number of hydrogen-bond donors (Lipinski definition) is 2. The maximum Gasteiger partial charge on any atom is 0.251 e. The molecular formula is C14H20N2O. The van der Waals surface area contributed by atoms with Crippen LogP contribution in [0, 0.1) is 12.3 Å². The molecule has 1 aromatic carbocycles. The lowest BCUT2D eigenvalue weighted by Gasteiger charge is -2.13. The first-order valence-electron chi connectivity index (χ1n) is 6.21. The lowest BCUT2D eigenvalue weighted by atomic mass is 10.0. The van der Waals surface area contributed by atoms with Gasteiger partial charge in [0, 0.05) is 17.8 Å². The van der Waals surface area contributed by atoms with Crippen LogP contribution in [-0.2, 0) is 0 Å². The van der Waals surface area contributed by atoms with E-state index in [1.165, 1.54) is 12.8 Å². The molecule has 1 saturated carbocycles. The third kappa shape index (κ3) is 2.60. The van der Waals surface area contributed by atoms with Gasteiger partial charge < -0.3 is 11.1 Å². The van der Waals surface area contributed by atoms with Gasteiger partial charge in [-0.25, -0.2) is 0 Å². The van der Waals surface area contributed by atoms with Gasteiger partial charge in [-0.15, -0.1) is 0 Å². The molecule has 0 atom stereocenters. The number of carbonyl (C=O) groups excluding carboxylic acids is 1. The van der Waals surface area contributed by atoms with Gasteiger partial charge in [0.15, 0.2) is 0 Å². The van der Waals surface area contributed by atoms with E-state index in [0.29, 0.717) is 11.0 Å². The van der Waals surface area contributed by atoms with Gasteiger partial charge >= 0.3 is 0 Å². The molecule has 1 fully saturated rings. The van der Waals surface area contributed by atoms with Gasteiger partial charge in [0.2, 0.25) is 0 Å². The van der Waals surface area contributed by atoms with Gasteiger partial charge in [0.25, 0.3) is 5.91 Å².